The Labute approximate surface area is 127 Å². The van der Waals surface area contributed by atoms with Gasteiger partial charge in [0.2, 0.25) is 11.8 Å². The summed E-state index contributed by atoms with van der Waals surface area (Å²) in [4.78, 5) is 39.6. The maximum atomic E-state index is 12.6. The second-order valence-electron chi connectivity index (χ2n) is 5.98. The summed E-state index contributed by atoms with van der Waals surface area (Å²) in [5, 5.41) is 9.09. The van der Waals surface area contributed by atoms with Crippen molar-refractivity contribution in [2.24, 2.45) is 11.8 Å². The van der Waals surface area contributed by atoms with Crippen molar-refractivity contribution >= 4 is 29.5 Å². The van der Waals surface area contributed by atoms with Crippen molar-refractivity contribution in [3.05, 3.63) is 0 Å². The number of carboxylic acid groups (broad SMARTS) is 1. The van der Waals surface area contributed by atoms with Crippen LogP contribution in [-0.4, -0.2) is 63.5 Å². The molecule has 1 saturated carbocycles. The predicted octanol–water partition coefficient (Wildman–Crippen LogP) is 0.621. The molecular formula is C14H20N2O4S. The third-order valence-electron chi connectivity index (χ3n) is 4.78. The molecule has 0 bridgehead atoms. The van der Waals surface area contributed by atoms with E-state index in [4.69, 9.17) is 5.11 Å². The van der Waals surface area contributed by atoms with E-state index in [-0.39, 0.29) is 11.8 Å². The molecule has 0 radical (unpaired) electrons. The van der Waals surface area contributed by atoms with Crippen LogP contribution < -0.4 is 0 Å². The molecule has 0 spiro atoms. The van der Waals surface area contributed by atoms with Gasteiger partial charge in [0.15, 0.2) is 0 Å². The van der Waals surface area contributed by atoms with Crippen LogP contribution in [0.15, 0.2) is 0 Å². The summed E-state index contributed by atoms with van der Waals surface area (Å²) >= 11 is 1.58. The zero-order valence-corrected chi connectivity index (χ0v) is 12.7. The first-order valence-corrected chi connectivity index (χ1v) is 8.65. The molecule has 2 aliphatic heterocycles. The minimum Gasteiger partial charge on any atom is -0.481 e. The Morgan fingerprint density at radius 3 is 2.24 bits per heavy atom. The molecule has 0 aromatic carbocycles. The average molecular weight is 312 g/mol. The van der Waals surface area contributed by atoms with E-state index in [1.165, 1.54) is 0 Å². The molecule has 3 unspecified atom stereocenters. The maximum Gasteiger partial charge on any atom is 0.307 e. The lowest BCUT2D eigenvalue weighted by Crippen LogP contribution is -2.53. The van der Waals surface area contributed by atoms with Gasteiger partial charge in [-0.3, -0.25) is 14.4 Å². The number of likely N-dealkylation sites (tertiary alicyclic amines) is 1. The minimum absolute atomic E-state index is 0.0389. The van der Waals surface area contributed by atoms with Gasteiger partial charge in [-0.05, 0) is 25.7 Å². The van der Waals surface area contributed by atoms with Crippen molar-refractivity contribution in [1.29, 1.82) is 0 Å². The number of amides is 2. The Kier molecular flexibility index (Phi) is 4.10. The van der Waals surface area contributed by atoms with Gasteiger partial charge in [0, 0.05) is 18.8 Å². The first-order chi connectivity index (χ1) is 10.1. The summed E-state index contributed by atoms with van der Waals surface area (Å²) in [6.07, 6.45) is 3.26. The Hall–Kier alpha value is -1.24. The van der Waals surface area contributed by atoms with Crippen molar-refractivity contribution in [3.63, 3.8) is 0 Å². The van der Waals surface area contributed by atoms with E-state index < -0.39 is 23.8 Å². The van der Waals surface area contributed by atoms with Crippen LogP contribution in [0.25, 0.3) is 0 Å². The lowest BCUT2D eigenvalue weighted by atomic mass is 9.73. The topological polar surface area (TPSA) is 77.9 Å². The first-order valence-electron chi connectivity index (χ1n) is 7.49. The van der Waals surface area contributed by atoms with Gasteiger partial charge in [-0.1, -0.05) is 0 Å². The number of hydrogen-bond acceptors (Lipinski definition) is 4. The van der Waals surface area contributed by atoms with Gasteiger partial charge in [-0.15, -0.1) is 11.8 Å². The van der Waals surface area contributed by atoms with Crippen LogP contribution in [0.1, 0.15) is 25.7 Å². The molecule has 3 fully saturated rings. The number of carboxylic acids is 1. The fraction of sp³-hybridized carbons (Fsp3) is 0.786. The van der Waals surface area contributed by atoms with Crippen LogP contribution in [0.5, 0.6) is 0 Å². The van der Waals surface area contributed by atoms with E-state index in [0.717, 1.165) is 25.9 Å². The molecule has 0 aromatic rings. The van der Waals surface area contributed by atoms with Crippen LogP contribution in [0.2, 0.25) is 0 Å². The third-order valence-corrected chi connectivity index (χ3v) is 5.79. The largest absolute Gasteiger partial charge is 0.481 e. The molecule has 3 atom stereocenters. The molecule has 1 N–H and O–H groups in total. The van der Waals surface area contributed by atoms with Gasteiger partial charge in [-0.2, -0.15) is 0 Å². The van der Waals surface area contributed by atoms with Crippen LogP contribution in [0, 0.1) is 11.8 Å². The summed E-state index contributed by atoms with van der Waals surface area (Å²) in [5.41, 5.74) is 0. The molecule has 3 rings (SSSR count). The van der Waals surface area contributed by atoms with Gasteiger partial charge in [0.25, 0.3) is 0 Å². The monoisotopic (exact) mass is 312 g/mol. The van der Waals surface area contributed by atoms with E-state index >= 15 is 0 Å². The quantitative estimate of drug-likeness (QED) is 0.826. The number of hydrogen-bond donors (Lipinski definition) is 1. The number of aliphatic carboxylic acids is 1. The molecule has 2 heterocycles. The Morgan fingerprint density at radius 1 is 1.00 bits per heavy atom. The molecule has 2 amide bonds. The molecule has 2 saturated heterocycles. The first kappa shape index (κ1) is 14.7. The van der Waals surface area contributed by atoms with Crippen LogP contribution in [0.3, 0.4) is 0 Å². The minimum atomic E-state index is -0.895. The van der Waals surface area contributed by atoms with Gasteiger partial charge in [0.05, 0.1) is 17.7 Å². The van der Waals surface area contributed by atoms with E-state index in [9.17, 15) is 14.4 Å². The van der Waals surface area contributed by atoms with Crippen LogP contribution in [-0.2, 0) is 14.4 Å². The molecular weight excluding hydrogens is 292 g/mol. The highest BCUT2D eigenvalue weighted by molar-refractivity contribution is 7.99. The van der Waals surface area contributed by atoms with Crippen molar-refractivity contribution in [1.82, 2.24) is 9.80 Å². The van der Waals surface area contributed by atoms with E-state index in [1.807, 2.05) is 4.90 Å². The summed E-state index contributed by atoms with van der Waals surface area (Å²) in [6.45, 7) is 1.56. The zero-order chi connectivity index (χ0) is 15.0. The van der Waals surface area contributed by atoms with Crippen LogP contribution in [0.4, 0.5) is 0 Å². The maximum absolute atomic E-state index is 12.6. The molecule has 3 aliphatic rings. The van der Waals surface area contributed by atoms with Gasteiger partial charge < -0.3 is 14.9 Å². The van der Waals surface area contributed by atoms with Gasteiger partial charge in [0.1, 0.15) is 6.04 Å². The SMILES string of the molecule is O=C(O)C1CCC1C(=O)N1CSCC1C(=O)N1CCCC1. The second-order valence-corrected chi connectivity index (χ2v) is 6.98. The summed E-state index contributed by atoms with van der Waals surface area (Å²) in [6, 6.07) is -0.393. The number of rotatable bonds is 3. The number of carbonyl (C=O) groups excluding carboxylic acids is 2. The predicted molar refractivity (Wildman–Crippen MR) is 77.6 cm³/mol. The smallest absolute Gasteiger partial charge is 0.307 e. The average Bonchev–Trinajstić information content (AvgIpc) is 3.07. The lowest BCUT2D eigenvalue weighted by molar-refractivity contribution is -0.158. The fourth-order valence-corrected chi connectivity index (χ4v) is 4.47. The lowest BCUT2D eigenvalue weighted by Gasteiger charge is -2.37. The molecule has 21 heavy (non-hydrogen) atoms. The highest BCUT2D eigenvalue weighted by Gasteiger charge is 2.47. The standard InChI is InChI=1S/C14H20N2O4S/c17-12(9-3-4-10(9)14(19)20)16-8-21-7-11(16)13(18)15-5-1-2-6-15/h9-11H,1-8H2,(H,19,20). The summed E-state index contributed by atoms with van der Waals surface area (Å²) in [5.74, 6) is -0.861. The second kappa shape index (κ2) is 5.87. The molecule has 1 aliphatic carbocycles. The number of carbonyl (C=O) groups is 3. The van der Waals surface area contributed by atoms with E-state index in [0.29, 0.717) is 24.5 Å². The molecule has 116 valence electrons. The van der Waals surface area contributed by atoms with Crippen molar-refractivity contribution < 1.29 is 19.5 Å². The van der Waals surface area contributed by atoms with Crippen LogP contribution >= 0.6 is 11.8 Å². The summed E-state index contributed by atoms with van der Waals surface area (Å²) < 4.78 is 0. The van der Waals surface area contributed by atoms with Crippen molar-refractivity contribution in [2.45, 2.75) is 31.7 Å². The van der Waals surface area contributed by atoms with E-state index in [1.54, 1.807) is 16.7 Å². The van der Waals surface area contributed by atoms with Crippen molar-refractivity contribution in [2.75, 3.05) is 24.7 Å². The summed E-state index contributed by atoms with van der Waals surface area (Å²) in [7, 11) is 0. The normalized spacial score (nSPS) is 32.1. The third kappa shape index (κ3) is 2.63. The van der Waals surface area contributed by atoms with E-state index in [2.05, 4.69) is 0 Å². The van der Waals surface area contributed by atoms with Crippen molar-refractivity contribution in [3.8, 4) is 0 Å². The number of thioether (sulfide) groups is 1. The zero-order valence-electron chi connectivity index (χ0n) is 11.9. The highest BCUT2D eigenvalue weighted by Crippen LogP contribution is 2.38. The molecule has 0 aromatic heterocycles. The fourth-order valence-electron chi connectivity index (χ4n) is 3.32. The molecule has 7 heteroatoms. The van der Waals surface area contributed by atoms with Gasteiger partial charge >= 0.3 is 5.97 Å². The Balaban J connectivity index is 1.67. The highest BCUT2D eigenvalue weighted by atomic mass is 32.2. The number of nitrogens with zero attached hydrogens (tertiary/aromatic N) is 2. The molecule has 6 nitrogen and oxygen atoms in total. The van der Waals surface area contributed by atoms with Gasteiger partial charge in [-0.25, -0.2) is 0 Å². The Bertz CT molecular complexity index is 464. The Morgan fingerprint density at radius 2 is 1.67 bits per heavy atom.